The van der Waals surface area contributed by atoms with Crippen molar-refractivity contribution in [3.05, 3.63) is 11.8 Å². The molecule has 0 radical (unpaired) electrons. The Morgan fingerprint density at radius 3 is 2.72 bits per heavy atom. The van der Waals surface area contributed by atoms with Gasteiger partial charge in [0.2, 0.25) is 11.8 Å². The number of aromatic nitrogens is 2. The molecule has 1 aliphatic rings. The third-order valence-corrected chi connectivity index (χ3v) is 3.37. The first kappa shape index (κ1) is 13.5. The number of nitrogens with zero attached hydrogens (tertiary/aromatic N) is 2. The molecule has 1 aliphatic heterocycles. The number of rotatable bonds is 6. The second-order valence-corrected chi connectivity index (χ2v) is 4.78. The third-order valence-electron chi connectivity index (χ3n) is 3.37. The minimum Gasteiger partial charge on any atom is -0.423 e. The predicted molar refractivity (Wildman–Crippen MR) is 68.4 cm³/mol. The standard InChI is InChI=1S/C13H23N3O2/c1-3-7-14-11(4-2)13-16-15-12(18-13)10-5-8-17-9-6-10/h10-11,14H,3-9H2,1-2H3. The molecular weight excluding hydrogens is 230 g/mol. The summed E-state index contributed by atoms with van der Waals surface area (Å²) in [6.07, 6.45) is 4.05. The lowest BCUT2D eigenvalue weighted by atomic mass is 10.0. The Morgan fingerprint density at radius 1 is 1.28 bits per heavy atom. The van der Waals surface area contributed by atoms with Gasteiger partial charge in [-0.1, -0.05) is 13.8 Å². The fourth-order valence-corrected chi connectivity index (χ4v) is 2.22. The summed E-state index contributed by atoms with van der Waals surface area (Å²) in [5.74, 6) is 1.89. The molecule has 102 valence electrons. The highest BCUT2D eigenvalue weighted by atomic mass is 16.5. The third kappa shape index (κ3) is 3.29. The largest absolute Gasteiger partial charge is 0.423 e. The zero-order chi connectivity index (χ0) is 12.8. The van der Waals surface area contributed by atoms with E-state index in [1.54, 1.807) is 0 Å². The molecule has 1 aromatic heterocycles. The van der Waals surface area contributed by atoms with E-state index in [2.05, 4.69) is 29.4 Å². The van der Waals surface area contributed by atoms with Gasteiger partial charge in [0.05, 0.1) is 6.04 Å². The van der Waals surface area contributed by atoms with Crippen molar-refractivity contribution in [2.75, 3.05) is 19.8 Å². The van der Waals surface area contributed by atoms with Crippen molar-refractivity contribution >= 4 is 0 Å². The van der Waals surface area contributed by atoms with Crippen LogP contribution in [-0.4, -0.2) is 30.0 Å². The van der Waals surface area contributed by atoms with Gasteiger partial charge in [-0.15, -0.1) is 10.2 Å². The van der Waals surface area contributed by atoms with E-state index in [-0.39, 0.29) is 6.04 Å². The van der Waals surface area contributed by atoms with E-state index >= 15 is 0 Å². The molecule has 5 heteroatoms. The van der Waals surface area contributed by atoms with E-state index in [1.165, 1.54) is 0 Å². The number of ether oxygens (including phenoxy) is 1. The topological polar surface area (TPSA) is 60.2 Å². The lowest BCUT2D eigenvalue weighted by Crippen LogP contribution is -2.21. The van der Waals surface area contributed by atoms with Crippen LogP contribution in [0.1, 0.15) is 63.3 Å². The van der Waals surface area contributed by atoms with Crippen LogP contribution in [0, 0.1) is 0 Å². The summed E-state index contributed by atoms with van der Waals surface area (Å²) < 4.78 is 11.2. The first-order valence-electron chi connectivity index (χ1n) is 6.99. The van der Waals surface area contributed by atoms with Crippen molar-refractivity contribution in [3.8, 4) is 0 Å². The van der Waals surface area contributed by atoms with E-state index in [0.29, 0.717) is 5.92 Å². The Morgan fingerprint density at radius 2 is 2.06 bits per heavy atom. The molecule has 0 amide bonds. The zero-order valence-corrected chi connectivity index (χ0v) is 11.3. The van der Waals surface area contributed by atoms with Gasteiger partial charge in [-0.05, 0) is 32.2 Å². The highest BCUT2D eigenvalue weighted by Crippen LogP contribution is 2.27. The smallest absolute Gasteiger partial charge is 0.233 e. The van der Waals surface area contributed by atoms with Gasteiger partial charge in [-0.25, -0.2) is 0 Å². The van der Waals surface area contributed by atoms with Gasteiger partial charge in [0, 0.05) is 19.1 Å². The maximum Gasteiger partial charge on any atom is 0.233 e. The summed E-state index contributed by atoms with van der Waals surface area (Å²) in [6.45, 7) is 6.86. The van der Waals surface area contributed by atoms with E-state index in [4.69, 9.17) is 9.15 Å². The van der Waals surface area contributed by atoms with Crippen LogP contribution in [0.3, 0.4) is 0 Å². The number of nitrogens with one attached hydrogen (secondary N) is 1. The van der Waals surface area contributed by atoms with Gasteiger partial charge in [-0.3, -0.25) is 0 Å². The summed E-state index contributed by atoms with van der Waals surface area (Å²) in [5, 5.41) is 11.8. The van der Waals surface area contributed by atoms with Gasteiger partial charge < -0.3 is 14.5 Å². The van der Waals surface area contributed by atoms with Crippen LogP contribution in [0.2, 0.25) is 0 Å². The SMILES string of the molecule is CCCNC(CC)c1nnc(C2CCOCC2)o1. The van der Waals surface area contributed by atoms with Crippen molar-refractivity contribution in [1.82, 2.24) is 15.5 Å². The van der Waals surface area contributed by atoms with Gasteiger partial charge in [0.1, 0.15) is 0 Å². The molecule has 0 saturated carbocycles. The Balaban J connectivity index is 1.98. The average molecular weight is 253 g/mol. The van der Waals surface area contributed by atoms with E-state index in [1.807, 2.05) is 0 Å². The normalized spacial score (nSPS) is 19.0. The van der Waals surface area contributed by atoms with Crippen molar-refractivity contribution < 1.29 is 9.15 Å². The Kier molecular flexibility index (Phi) is 5.13. The van der Waals surface area contributed by atoms with Gasteiger partial charge >= 0.3 is 0 Å². The Labute approximate surface area is 108 Å². The maximum absolute atomic E-state index is 5.83. The average Bonchev–Trinajstić information content (AvgIpc) is 2.90. The molecule has 1 fully saturated rings. The van der Waals surface area contributed by atoms with Crippen LogP contribution in [0.25, 0.3) is 0 Å². The zero-order valence-electron chi connectivity index (χ0n) is 11.3. The van der Waals surface area contributed by atoms with Crippen LogP contribution < -0.4 is 5.32 Å². The van der Waals surface area contributed by atoms with Crippen molar-refractivity contribution in [2.24, 2.45) is 0 Å². The fourth-order valence-electron chi connectivity index (χ4n) is 2.22. The minimum atomic E-state index is 0.186. The fraction of sp³-hybridized carbons (Fsp3) is 0.846. The minimum absolute atomic E-state index is 0.186. The molecule has 2 rings (SSSR count). The van der Waals surface area contributed by atoms with Crippen molar-refractivity contribution in [1.29, 1.82) is 0 Å². The second-order valence-electron chi connectivity index (χ2n) is 4.78. The van der Waals surface area contributed by atoms with Crippen molar-refractivity contribution in [3.63, 3.8) is 0 Å². The Hall–Kier alpha value is -0.940. The molecule has 0 aliphatic carbocycles. The summed E-state index contributed by atoms with van der Waals surface area (Å²) >= 11 is 0. The van der Waals surface area contributed by atoms with Gasteiger partial charge in [-0.2, -0.15) is 0 Å². The summed E-state index contributed by atoms with van der Waals surface area (Å²) in [7, 11) is 0. The van der Waals surface area contributed by atoms with E-state index in [9.17, 15) is 0 Å². The van der Waals surface area contributed by atoms with Gasteiger partial charge in [0.15, 0.2) is 0 Å². The maximum atomic E-state index is 5.83. The first-order chi connectivity index (χ1) is 8.85. The molecule has 1 atom stereocenters. The molecule has 18 heavy (non-hydrogen) atoms. The molecule has 0 spiro atoms. The molecule has 5 nitrogen and oxygen atoms in total. The highest BCUT2D eigenvalue weighted by molar-refractivity contribution is 4.96. The lowest BCUT2D eigenvalue weighted by molar-refractivity contribution is 0.0789. The summed E-state index contributed by atoms with van der Waals surface area (Å²) in [5.41, 5.74) is 0. The molecule has 1 saturated heterocycles. The van der Waals surface area contributed by atoms with Crippen LogP contribution in [0.4, 0.5) is 0 Å². The molecule has 1 aromatic rings. The summed E-state index contributed by atoms with van der Waals surface area (Å²) in [6, 6.07) is 0.186. The molecule has 0 aromatic carbocycles. The predicted octanol–water partition coefficient (Wildman–Crippen LogP) is 2.41. The molecule has 0 bridgehead atoms. The van der Waals surface area contributed by atoms with Crippen molar-refractivity contribution in [2.45, 2.75) is 51.5 Å². The monoisotopic (exact) mass is 253 g/mol. The Bertz CT molecular complexity index is 348. The molecule has 1 unspecified atom stereocenters. The molecular formula is C13H23N3O2. The van der Waals surface area contributed by atoms with Crippen LogP contribution in [-0.2, 0) is 4.74 Å². The summed E-state index contributed by atoms with van der Waals surface area (Å²) in [4.78, 5) is 0. The highest BCUT2D eigenvalue weighted by Gasteiger charge is 2.23. The van der Waals surface area contributed by atoms with E-state index in [0.717, 1.165) is 57.2 Å². The first-order valence-corrected chi connectivity index (χ1v) is 6.99. The van der Waals surface area contributed by atoms with Crippen LogP contribution in [0.15, 0.2) is 4.42 Å². The van der Waals surface area contributed by atoms with Crippen LogP contribution >= 0.6 is 0 Å². The van der Waals surface area contributed by atoms with Crippen LogP contribution in [0.5, 0.6) is 0 Å². The number of hydrogen-bond donors (Lipinski definition) is 1. The molecule has 1 N–H and O–H groups in total. The van der Waals surface area contributed by atoms with E-state index < -0.39 is 0 Å². The van der Waals surface area contributed by atoms with Gasteiger partial charge in [0.25, 0.3) is 0 Å². The molecule has 2 heterocycles. The lowest BCUT2D eigenvalue weighted by Gasteiger charge is -2.18. The quantitative estimate of drug-likeness (QED) is 0.843. The second kappa shape index (κ2) is 6.85. The number of hydrogen-bond acceptors (Lipinski definition) is 5.